The predicted molar refractivity (Wildman–Crippen MR) is 90.2 cm³/mol. The quantitative estimate of drug-likeness (QED) is 0.837. The van der Waals surface area contributed by atoms with Crippen LogP contribution in [0.15, 0.2) is 30.3 Å². The summed E-state index contributed by atoms with van der Waals surface area (Å²) >= 11 is 0. The molecule has 0 spiro atoms. The Bertz CT molecular complexity index is 381. The first kappa shape index (κ1) is 16.5. The zero-order valence-electron chi connectivity index (χ0n) is 13.7. The van der Waals surface area contributed by atoms with E-state index in [0.717, 1.165) is 45.2 Å². The summed E-state index contributed by atoms with van der Waals surface area (Å²) in [7, 11) is 0. The molecular formula is C18H31N3. The summed E-state index contributed by atoms with van der Waals surface area (Å²) in [4.78, 5) is 5.19. The Hall–Kier alpha value is -0.900. The van der Waals surface area contributed by atoms with Gasteiger partial charge in [0.2, 0.25) is 0 Å². The van der Waals surface area contributed by atoms with Crippen molar-refractivity contribution in [1.29, 1.82) is 0 Å². The van der Waals surface area contributed by atoms with E-state index in [2.05, 4.69) is 54.0 Å². The average molecular weight is 289 g/mol. The maximum atomic E-state index is 6.06. The Labute approximate surface area is 130 Å². The van der Waals surface area contributed by atoms with Crippen molar-refractivity contribution in [3.63, 3.8) is 0 Å². The highest BCUT2D eigenvalue weighted by atomic mass is 15.3. The first-order valence-electron chi connectivity index (χ1n) is 8.48. The highest BCUT2D eigenvalue weighted by Crippen LogP contribution is 2.20. The average Bonchev–Trinajstić information content (AvgIpc) is 2.54. The minimum Gasteiger partial charge on any atom is -0.329 e. The van der Waals surface area contributed by atoms with Crippen LogP contribution in [0.3, 0.4) is 0 Å². The van der Waals surface area contributed by atoms with E-state index in [4.69, 9.17) is 5.73 Å². The highest BCUT2D eigenvalue weighted by molar-refractivity contribution is 5.14. The molecule has 0 radical (unpaired) electrons. The molecule has 1 atom stereocenters. The lowest BCUT2D eigenvalue weighted by molar-refractivity contribution is 0.0669. The van der Waals surface area contributed by atoms with Gasteiger partial charge in [0.1, 0.15) is 0 Å². The minimum atomic E-state index is 0.568. The second-order valence-electron chi connectivity index (χ2n) is 6.18. The van der Waals surface area contributed by atoms with Crippen LogP contribution < -0.4 is 5.73 Å². The van der Waals surface area contributed by atoms with Crippen LogP contribution >= 0.6 is 0 Å². The van der Waals surface area contributed by atoms with Crippen molar-refractivity contribution in [2.45, 2.75) is 39.3 Å². The zero-order valence-corrected chi connectivity index (χ0v) is 13.7. The third-order valence-electron chi connectivity index (χ3n) is 4.96. The molecule has 1 aliphatic rings. The van der Waals surface area contributed by atoms with Gasteiger partial charge >= 0.3 is 0 Å². The molecule has 0 bridgehead atoms. The van der Waals surface area contributed by atoms with Crippen LogP contribution in [-0.2, 0) is 6.54 Å². The standard InChI is InChI=1S/C18H31N3/c1-3-17(4-2)18(14-19)21-12-10-20(11-13-21)15-16-8-6-5-7-9-16/h5-9,17-18H,3-4,10-15,19H2,1-2H3. The fraction of sp³-hybridized carbons (Fsp3) is 0.667. The van der Waals surface area contributed by atoms with E-state index in [1.165, 1.54) is 18.4 Å². The number of rotatable bonds is 7. The highest BCUT2D eigenvalue weighted by Gasteiger charge is 2.27. The molecule has 1 heterocycles. The van der Waals surface area contributed by atoms with E-state index >= 15 is 0 Å². The molecule has 1 saturated heterocycles. The predicted octanol–water partition coefficient (Wildman–Crippen LogP) is 2.57. The molecule has 1 aromatic carbocycles. The number of hydrogen-bond acceptors (Lipinski definition) is 3. The fourth-order valence-electron chi connectivity index (χ4n) is 3.57. The Morgan fingerprint density at radius 2 is 1.62 bits per heavy atom. The van der Waals surface area contributed by atoms with Crippen molar-refractivity contribution in [2.75, 3.05) is 32.7 Å². The molecule has 2 N–H and O–H groups in total. The summed E-state index contributed by atoms with van der Waals surface area (Å²) in [6.07, 6.45) is 2.48. The van der Waals surface area contributed by atoms with Gasteiger partial charge in [0.25, 0.3) is 0 Å². The second kappa shape index (κ2) is 8.52. The van der Waals surface area contributed by atoms with E-state index in [1.54, 1.807) is 0 Å². The van der Waals surface area contributed by atoms with E-state index < -0.39 is 0 Å². The molecule has 0 saturated carbocycles. The molecule has 3 nitrogen and oxygen atoms in total. The lowest BCUT2D eigenvalue weighted by Crippen LogP contribution is -2.54. The van der Waals surface area contributed by atoms with E-state index in [0.29, 0.717) is 6.04 Å². The van der Waals surface area contributed by atoms with Crippen LogP contribution in [0.1, 0.15) is 32.3 Å². The molecule has 3 heteroatoms. The normalized spacial score (nSPS) is 19.0. The summed E-state index contributed by atoms with van der Waals surface area (Å²) in [5, 5.41) is 0. The summed E-state index contributed by atoms with van der Waals surface area (Å²) in [5.41, 5.74) is 7.48. The van der Waals surface area contributed by atoms with Crippen LogP contribution in [0.25, 0.3) is 0 Å². The maximum Gasteiger partial charge on any atom is 0.0247 e. The van der Waals surface area contributed by atoms with Crippen LogP contribution in [0.4, 0.5) is 0 Å². The monoisotopic (exact) mass is 289 g/mol. The lowest BCUT2D eigenvalue weighted by atomic mass is 9.92. The van der Waals surface area contributed by atoms with Gasteiger partial charge in [-0.15, -0.1) is 0 Å². The van der Waals surface area contributed by atoms with E-state index in [1.807, 2.05) is 0 Å². The fourth-order valence-corrected chi connectivity index (χ4v) is 3.57. The Morgan fingerprint density at radius 1 is 1.00 bits per heavy atom. The minimum absolute atomic E-state index is 0.568. The van der Waals surface area contributed by atoms with E-state index in [9.17, 15) is 0 Å². The molecule has 1 unspecified atom stereocenters. The Balaban J connectivity index is 1.84. The molecule has 1 aromatic rings. The molecule has 118 valence electrons. The van der Waals surface area contributed by atoms with Gasteiger partial charge in [0.15, 0.2) is 0 Å². The van der Waals surface area contributed by atoms with Gasteiger partial charge in [0.05, 0.1) is 0 Å². The summed E-state index contributed by atoms with van der Waals surface area (Å²) in [6, 6.07) is 11.4. The SMILES string of the molecule is CCC(CC)C(CN)N1CCN(Cc2ccccc2)CC1. The van der Waals surface area contributed by atoms with Crippen molar-refractivity contribution in [1.82, 2.24) is 9.80 Å². The van der Waals surface area contributed by atoms with Gasteiger partial charge in [-0.25, -0.2) is 0 Å². The topological polar surface area (TPSA) is 32.5 Å². The van der Waals surface area contributed by atoms with Crippen molar-refractivity contribution < 1.29 is 0 Å². The summed E-state index contributed by atoms with van der Waals surface area (Å²) < 4.78 is 0. The number of benzene rings is 1. The third kappa shape index (κ3) is 4.53. The van der Waals surface area contributed by atoms with Gasteiger partial charge in [-0.05, 0) is 11.5 Å². The van der Waals surface area contributed by atoms with Crippen LogP contribution in [-0.4, -0.2) is 48.6 Å². The van der Waals surface area contributed by atoms with Crippen molar-refractivity contribution in [3.05, 3.63) is 35.9 Å². The maximum absolute atomic E-state index is 6.06. The van der Waals surface area contributed by atoms with Gasteiger partial charge in [-0.3, -0.25) is 9.80 Å². The third-order valence-corrected chi connectivity index (χ3v) is 4.96. The van der Waals surface area contributed by atoms with Crippen molar-refractivity contribution in [3.8, 4) is 0 Å². The van der Waals surface area contributed by atoms with Crippen LogP contribution in [0.5, 0.6) is 0 Å². The molecule has 2 rings (SSSR count). The lowest BCUT2D eigenvalue weighted by Gasteiger charge is -2.41. The van der Waals surface area contributed by atoms with Crippen molar-refractivity contribution >= 4 is 0 Å². The second-order valence-corrected chi connectivity index (χ2v) is 6.18. The first-order chi connectivity index (χ1) is 10.3. The molecule has 0 amide bonds. The zero-order chi connectivity index (χ0) is 15.1. The number of piperazine rings is 1. The molecule has 0 aliphatic carbocycles. The van der Waals surface area contributed by atoms with Gasteiger partial charge in [0, 0.05) is 45.3 Å². The van der Waals surface area contributed by atoms with Crippen molar-refractivity contribution in [2.24, 2.45) is 11.7 Å². The molecule has 1 aliphatic heterocycles. The van der Waals surface area contributed by atoms with Crippen LogP contribution in [0.2, 0.25) is 0 Å². The number of nitrogens with two attached hydrogens (primary N) is 1. The number of nitrogens with zero attached hydrogens (tertiary/aromatic N) is 2. The molecule has 0 aromatic heterocycles. The Kier molecular flexibility index (Phi) is 6.68. The molecular weight excluding hydrogens is 258 g/mol. The Morgan fingerprint density at radius 3 is 2.14 bits per heavy atom. The van der Waals surface area contributed by atoms with Gasteiger partial charge in [-0.1, -0.05) is 57.0 Å². The first-order valence-corrected chi connectivity index (χ1v) is 8.48. The summed E-state index contributed by atoms with van der Waals surface area (Å²) in [5.74, 6) is 0.746. The number of hydrogen-bond donors (Lipinski definition) is 1. The van der Waals surface area contributed by atoms with Gasteiger partial charge < -0.3 is 5.73 Å². The van der Waals surface area contributed by atoms with Gasteiger partial charge in [-0.2, -0.15) is 0 Å². The molecule has 21 heavy (non-hydrogen) atoms. The largest absolute Gasteiger partial charge is 0.329 e. The molecule has 1 fully saturated rings. The van der Waals surface area contributed by atoms with Crippen LogP contribution in [0, 0.1) is 5.92 Å². The van der Waals surface area contributed by atoms with E-state index in [-0.39, 0.29) is 0 Å². The smallest absolute Gasteiger partial charge is 0.0247 e. The summed E-state index contributed by atoms with van der Waals surface area (Å²) in [6.45, 7) is 11.1.